The fourth-order valence-electron chi connectivity index (χ4n) is 2.12. The van der Waals surface area contributed by atoms with Crippen LogP contribution in [0, 0.1) is 13.8 Å². The van der Waals surface area contributed by atoms with E-state index < -0.39 is 0 Å². The molecule has 0 bridgehead atoms. The summed E-state index contributed by atoms with van der Waals surface area (Å²) in [5, 5.41) is 8.08. The second kappa shape index (κ2) is 6.01. The average Bonchev–Trinajstić information content (AvgIpc) is 2.48. The highest BCUT2D eigenvalue weighted by molar-refractivity contribution is 5.32. The van der Waals surface area contributed by atoms with Crippen LogP contribution in [0.5, 0.6) is 0 Å². The van der Waals surface area contributed by atoms with Crippen LogP contribution in [0.1, 0.15) is 50.2 Å². The lowest BCUT2D eigenvalue weighted by atomic mass is 10.0. The molecular formula is C14H25N3. The Kier molecular flexibility index (Phi) is 4.94. The summed E-state index contributed by atoms with van der Waals surface area (Å²) in [6.45, 7) is 11.7. The molecule has 1 unspecified atom stereocenters. The summed E-state index contributed by atoms with van der Waals surface area (Å²) in [5.41, 5.74) is 5.02. The second-order valence-corrected chi connectivity index (χ2v) is 4.88. The second-order valence-electron chi connectivity index (χ2n) is 4.88. The van der Waals surface area contributed by atoms with Gasteiger partial charge >= 0.3 is 0 Å². The molecule has 0 saturated heterocycles. The standard InChI is InChI=1S/C14H25N3/c1-7-8-15-13(9-10(2)3)14-11(4)16-17(6)12(14)5/h9,13,15H,7-8H2,1-6H3. The minimum absolute atomic E-state index is 0.286. The van der Waals surface area contributed by atoms with E-state index >= 15 is 0 Å². The topological polar surface area (TPSA) is 29.9 Å². The predicted octanol–water partition coefficient (Wildman–Crippen LogP) is 3.04. The summed E-state index contributed by atoms with van der Waals surface area (Å²) in [6.07, 6.45) is 3.43. The van der Waals surface area contributed by atoms with E-state index in [-0.39, 0.29) is 6.04 Å². The molecule has 96 valence electrons. The number of aromatic nitrogens is 2. The van der Waals surface area contributed by atoms with Crippen LogP contribution in [-0.2, 0) is 7.05 Å². The number of nitrogens with one attached hydrogen (secondary N) is 1. The molecule has 0 spiro atoms. The minimum Gasteiger partial charge on any atom is -0.307 e. The third kappa shape index (κ3) is 3.43. The highest BCUT2D eigenvalue weighted by Gasteiger charge is 2.17. The molecule has 3 nitrogen and oxygen atoms in total. The van der Waals surface area contributed by atoms with E-state index in [1.54, 1.807) is 0 Å². The van der Waals surface area contributed by atoms with Crippen molar-refractivity contribution in [3.05, 3.63) is 28.6 Å². The Labute approximate surface area is 105 Å². The molecule has 0 amide bonds. The molecule has 0 aromatic carbocycles. The molecule has 1 aromatic heterocycles. The van der Waals surface area contributed by atoms with E-state index in [0.29, 0.717) is 0 Å². The highest BCUT2D eigenvalue weighted by Crippen LogP contribution is 2.23. The molecule has 1 heterocycles. The number of hydrogen-bond donors (Lipinski definition) is 1. The molecule has 0 aliphatic carbocycles. The van der Waals surface area contributed by atoms with Crippen molar-refractivity contribution in [3.8, 4) is 0 Å². The van der Waals surface area contributed by atoms with Gasteiger partial charge in [-0.15, -0.1) is 0 Å². The van der Waals surface area contributed by atoms with Crippen molar-refractivity contribution in [1.82, 2.24) is 15.1 Å². The van der Waals surface area contributed by atoms with Gasteiger partial charge in [0.05, 0.1) is 11.7 Å². The molecule has 1 atom stereocenters. The van der Waals surface area contributed by atoms with E-state index in [4.69, 9.17) is 0 Å². The van der Waals surface area contributed by atoms with Crippen LogP contribution in [-0.4, -0.2) is 16.3 Å². The van der Waals surface area contributed by atoms with Gasteiger partial charge < -0.3 is 5.32 Å². The Morgan fingerprint density at radius 3 is 2.47 bits per heavy atom. The monoisotopic (exact) mass is 235 g/mol. The number of hydrogen-bond acceptors (Lipinski definition) is 2. The molecule has 17 heavy (non-hydrogen) atoms. The lowest BCUT2D eigenvalue weighted by molar-refractivity contribution is 0.604. The van der Waals surface area contributed by atoms with Crippen molar-refractivity contribution < 1.29 is 0 Å². The zero-order valence-corrected chi connectivity index (χ0v) is 12.0. The van der Waals surface area contributed by atoms with Gasteiger partial charge in [-0.1, -0.05) is 18.6 Å². The maximum absolute atomic E-state index is 4.49. The van der Waals surface area contributed by atoms with E-state index in [9.17, 15) is 0 Å². The summed E-state index contributed by atoms with van der Waals surface area (Å²) in [6, 6.07) is 0.286. The van der Waals surface area contributed by atoms with Crippen LogP contribution in [0.2, 0.25) is 0 Å². The Morgan fingerprint density at radius 1 is 1.41 bits per heavy atom. The largest absolute Gasteiger partial charge is 0.307 e. The number of aryl methyl sites for hydroxylation is 2. The van der Waals surface area contributed by atoms with Gasteiger partial charge in [0.25, 0.3) is 0 Å². The quantitative estimate of drug-likeness (QED) is 0.795. The van der Waals surface area contributed by atoms with Crippen molar-refractivity contribution in [2.45, 2.75) is 47.1 Å². The number of nitrogens with zero attached hydrogens (tertiary/aromatic N) is 2. The number of allylic oxidation sites excluding steroid dienone is 1. The molecule has 0 aliphatic rings. The van der Waals surface area contributed by atoms with Crippen molar-refractivity contribution in [1.29, 1.82) is 0 Å². The zero-order valence-electron chi connectivity index (χ0n) is 12.0. The van der Waals surface area contributed by atoms with Crippen LogP contribution >= 0.6 is 0 Å². The molecular weight excluding hydrogens is 210 g/mol. The van der Waals surface area contributed by atoms with Gasteiger partial charge in [-0.2, -0.15) is 5.10 Å². The Hall–Kier alpha value is -1.09. The van der Waals surface area contributed by atoms with E-state index in [2.05, 4.69) is 51.1 Å². The van der Waals surface area contributed by atoms with Gasteiger partial charge in [-0.05, 0) is 40.7 Å². The third-order valence-electron chi connectivity index (χ3n) is 2.99. The Bertz CT molecular complexity index is 398. The van der Waals surface area contributed by atoms with Crippen molar-refractivity contribution in [2.75, 3.05) is 6.54 Å². The first-order valence-electron chi connectivity index (χ1n) is 6.35. The van der Waals surface area contributed by atoms with Crippen molar-refractivity contribution in [3.63, 3.8) is 0 Å². The fourth-order valence-corrected chi connectivity index (χ4v) is 2.12. The molecule has 0 radical (unpaired) electrons. The molecule has 0 fully saturated rings. The molecule has 1 aromatic rings. The summed E-state index contributed by atoms with van der Waals surface area (Å²) in [7, 11) is 2.01. The smallest absolute Gasteiger partial charge is 0.0647 e. The lowest BCUT2D eigenvalue weighted by Gasteiger charge is -2.16. The van der Waals surface area contributed by atoms with Gasteiger partial charge in [0.1, 0.15) is 0 Å². The Balaban J connectivity index is 3.07. The minimum atomic E-state index is 0.286. The molecule has 1 N–H and O–H groups in total. The van der Waals surface area contributed by atoms with Crippen LogP contribution < -0.4 is 5.32 Å². The van der Waals surface area contributed by atoms with Crippen LogP contribution in [0.25, 0.3) is 0 Å². The number of rotatable bonds is 5. The third-order valence-corrected chi connectivity index (χ3v) is 2.99. The summed E-state index contributed by atoms with van der Waals surface area (Å²) < 4.78 is 1.96. The van der Waals surface area contributed by atoms with Crippen LogP contribution in [0.3, 0.4) is 0 Å². The molecule has 3 heteroatoms. The van der Waals surface area contributed by atoms with Gasteiger partial charge in [-0.25, -0.2) is 0 Å². The highest BCUT2D eigenvalue weighted by atomic mass is 15.3. The van der Waals surface area contributed by atoms with E-state index in [1.807, 2.05) is 11.7 Å². The first-order valence-corrected chi connectivity index (χ1v) is 6.35. The SMILES string of the molecule is CCCNC(C=C(C)C)c1c(C)nn(C)c1C. The zero-order chi connectivity index (χ0) is 13.0. The first-order chi connectivity index (χ1) is 7.97. The molecule has 0 saturated carbocycles. The summed E-state index contributed by atoms with van der Waals surface area (Å²) in [4.78, 5) is 0. The fraction of sp³-hybridized carbons (Fsp3) is 0.643. The maximum atomic E-state index is 4.49. The summed E-state index contributed by atoms with van der Waals surface area (Å²) in [5.74, 6) is 0. The molecule has 0 aliphatic heterocycles. The van der Waals surface area contributed by atoms with Gasteiger partial charge in [0.2, 0.25) is 0 Å². The van der Waals surface area contributed by atoms with Gasteiger partial charge in [0.15, 0.2) is 0 Å². The van der Waals surface area contributed by atoms with E-state index in [1.165, 1.54) is 16.8 Å². The van der Waals surface area contributed by atoms with Crippen molar-refractivity contribution >= 4 is 0 Å². The Morgan fingerprint density at radius 2 is 2.06 bits per heavy atom. The lowest BCUT2D eigenvalue weighted by Crippen LogP contribution is -2.21. The first kappa shape index (κ1) is 14.0. The maximum Gasteiger partial charge on any atom is 0.0647 e. The normalized spacial score (nSPS) is 12.6. The predicted molar refractivity (Wildman–Crippen MR) is 73.1 cm³/mol. The van der Waals surface area contributed by atoms with Gasteiger partial charge in [-0.3, -0.25) is 4.68 Å². The van der Waals surface area contributed by atoms with Crippen LogP contribution in [0.4, 0.5) is 0 Å². The summed E-state index contributed by atoms with van der Waals surface area (Å²) >= 11 is 0. The van der Waals surface area contributed by atoms with E-state index in [0.717, 1.165) is 18.7 Å². The average molecular weight is 235 g/mol. The molecule has 1 rings (SSSR count). The van der Waals surface area contributed by atoms with Gasteiger partial charge in [0, 0.05) is 18.3 Å². The van der Waals surface area contributed by atoms with Crippen LogP contribution in [0.15, 0.2) is 11.6 Å². The van der Waals surface area contributed by atoms with Crippen molar-refractivity contribution in [2.24, 2.45) is 7.05 Å².